The lowest BCUT2D eigenvalue weighted by Gasteiger charge is -2.10. The summed E-state index contributed by atoms with van der Waals surface area (Å²) in [5, 5.41) is 2.76. The van der Waals surface area contributed by atoms with E-state index in [-0.39, 0.29) is 31.6 Å². The molecule has 0 saturated carbocycles. The third kappa shape index (κ3) is 4.18. The number of rotatable bonds is 7. The number of benzene rings is 2. The number of methoxy groups -OCH3 is 1. The Labute approximate surface area is 150 Å². The molecule has 7 heteroatoms. The van der Waals surface area contributed by atoms with Crippen molar-refractivity contribution in [3.05, 3.63) is 60.4 Å². The molecule has 1 aromatic heterocycles. The summed E-state index contributed by atoms with van der Waals surface area (Å²) in [6.07, 6.45) is 0. The summed E-state index contributed by atoms with van der Waals surface area (Å²) in [5.74, 6) is 0.545. The molecule has 2 aromatic carbocycles. The number of nitrogens with one attached hydrogen (secondary N) is 1. The van der Waals surface area contributed by atoms with Gasteiger partial charge in [0, 0.05) is 0 Å². The van der Waals surface area contributed by atoms with Gasteiger partial charge in [-0.3, -0.25) is 9.59 Å². The predicted molar refractivity (Wildman–Crippen MR) is 95.5 cm³/mol. The molecule has 1 N–H and O–H groups in total. The monoisotopic (exact) mass is 353 g/mol. The second-order valence-electron chi connectivity index (χ2n) is 5.56. The van der Waals surface area contributed by atoms with E-state index in [4.69, 9.17) is 9.47 Å². The van der Waals surface area contributed by atoms with Crippen molar-refractivity contribution in [3.63, 3.8) is 0 Å². The van der Waals surface area contributed by atoms with Crippen LogP contribution in [0.3, 0.4) is 0 Å². The molecular formula is C19H19N3O4. The zero-order valence-corrected chi connectivity index (χ0v) is 14.3. The first kappa shape index (κ1) is 17.5. The van der Waals surface area contributed by atoms with Gasteiger partial charge in [-0.1, -0.05) is 30.3 Å². The van der Waals surface area contributed by atoms with Gasteiger partial charge in [0.1, 0.15) is 18.1 Å². The van der Waals surface area contributed by atoms with Crippen molar-refractivity contribution in [2.75, 3.05) is 13.7 Å². The molecule has 1 amide bonds. The summed E-state index contributed by atoms with van der Waals surface area (Å²) in [6, 6.07) is 16.6. The molecular weight excluding hydrogens is 334 g/mol. The van der Waals surface area contributed by atoms with E-state index in [1.54, 1.807) is 16.7 Å². The predicted octanol–water partition coefficient (Wildman–Crippen LogP) is 1.90. The number of fused-ring (bicyclic) bond motifs is 1. The summed E-state index contributed by atoms with van der Waals surface area (Å²) in [5.41, 5.74) is 1.56. The molecule has 0 radical (unpaired) electrons. The topological polar surface area (TPSA) is 82.5 Å². The number of aromatic nitrogens is 2. The molecule has 0 aliphatic rings. The van der Waals surface area contributed by atoms with Crippen LogP contribution in [-0.2, 0) is 27.4 Å². The van der Waals surface area contributed by atoms with Gasteiger partial charge in [0.15, 0.2) is 6.61 Å². The minimum Gasteiger partial charge on any atom is -0.484 e. The molecule has 0 aliphatic heterocycles. The number of para-hydroxylation sites is 3. The molecule has 0 spiro atoms. The highest BCUT2D eigenvalue weighted by Gasteiger charge is 2.14. The van der Waals surface area contributed by atoms with Gasteiger partial charge in [-0.2, -0.15) is 0 Å². The second kappa shape index (κ2) is 8.15. The number of nitrogens with zero attached hydrogens (tertiary/aromatic N) is 2. The molecule has 3 rings (SSSR count). The van der Waals surface area contributed by atoms with Crippen LogP contribution in [0.4, 0.5) is 0 Å². The second-order valence-corrected chi connectivity index (χ2v) is 5.56. The number of hydrogen-bond donors (Lipinski definition) is 1. The van der Waals surface area contributed by atoms with E-state index in [0.29, 0.717) is 11.6 Å². The van der Waals surface area contributed by atoms with Gasteiger partial charge in [0.2, 0.25) is 0 Å². The van der Waals surface area contributed by atoms with E-state index in [2.05, 4.69) is 10.3 Å². The zero-order valence-electron chi connectivity index (χ0n) is 14.3. The van der Waals surface area contributed by atoms with E-state index >= 15 is 0 Å². The van der Waals surface area contributed by atoms with Crippen molar-refractivity contribution in [1.82, 2.24) is 14.9 Å². The van der Waals surface area contributed by atoms with Gasteiger partial charge in [-0.05, 0) is 24.3 Å². The molecule has 0 saturated heterocycles. The maximum absolute atomic E-state index is 12.0. The van der Waals surface area contributed by atoms with Crippen LogP contribution >= 0.6 is 0 Å². The lowest BCUT2D eigenvalue weighted by molar-refractivity contribution is -0.141. The van der Waals surface area contributed by atoms with Gasteiger partial charge in [0.25, 0.3) is 5.91 Å². The Morgan fingerprint density at radius 2 is 1.81 bits per heavy atom. The van der Waals surface area contributed by atoms with E-state index in [9.17, 15) is 9.59 Å². The van der Waals surface area contributed by atoms with Gasteiger partial charge < -0.3 is 19.4 Å². The number of hydrogen-bond acceptors (Lipinski definition) is 5. The standard InChI is InChI=1S/C19H19N3O4/c1-25-19(24)12-22-16-10-6-5-9-15(16)21-17(22)11-20-18(23)13-26-14-7-3-2-4-8-14/h2-10H,11-13H2,1H3,(H,20,23). The number of ether oxygens (including phenoxy) is 2. The third-order valence-electron chi connectivity index (χ3n) is 3.81. The lowest BCUT2D eigenvalue weighted by atomic mass is 10.3. The van der Waals surface area contributed by atoms with Crippen molar-refractivity contribution >= 4 is 22.9 Å². The first-order chi connectivity index (χ1) is 12.7. The molecule has 134 valence electrons. The minimum atomic E-state index is -0.381. The number of carbonyl (C=O) groups excluding carboxylic acids is 2. The Kier molecular flexibility index (Phi) is 5.48. The SMILES string of the molecule is COC(=O)Cn1c(CNC(=O)COc2ccccc2)nc2ccccc21. The molecule has 26 heavy (non-hydrogen) atoms. The van der Waals surface area contributed by atoms with Crippen LogP contribution in [0.5, 0.6) is 5.75 Å². The number of carbonyl (C=O) groups is 2. The van der Waals surface area contributed by atoms with Crippen LogP contribution in [0.25, 0.3) is 11.0 Å². The van der Waals surface area contributed by atoms with E-state index in [1.807, 2.05) is 42.5 Å². The largest absolute Gasteiger partial charge is 0.484 e. The van der Waals surface area contributed by atoms with Gasteiger partial charge in [-0.25, -0.2) is 4.98 Å². The van der Waals surface area contributed by atoms with Gasteiger partial charge in [0.05, 0.1) is 24.7 Å². The highest BCUT2D eigenvalue weighted by atomic mass is 16.5. The first-order valence-corrected chi connectivity index (χ1v) is 8.13. The first-order valence-electron chi connectivity index (χ1n) is 8.13. The van der Waals surface area contributed by atoms with Gasteiger partial charge in [-0.15, -0.1) is 0 Å². The van der Waals surface area contributed by atoms with Crippen molar-refractivity contribution in [1.29, 1.82) is 0 Å². The Bertz CT molecular complexity index is 906. The van der Waals surface area contributed by atoms with Crippen molar-refractivity contribution in [2.45, 2.75) is 13.1 Å². The van der Waals surface area contributed by atoms with Crippen LogP contribution < -0.4 is 10.1 Å². The maximum atomic E-state index is 12.0. The zero-order chi connectivity index (χ0) is 18.4. The average molecular weight is 353 g/mol. The Balaban J connectivity index is 1.67. The average Bonchev–Trinajstić information content (AvgIpc) is 3.03. The normalized spacial score (nSPS) is 10.5. The van der Waals surface area contributed by atoms with Crippen LogP contribution in [0.15, 0.2) is 54.6 Å². The summed E-state index contributed by atoms with van der Waals surface area (Å²) in [6.45, 7) is 0.118. The van der Waals surface area contributed by atoms with E-state index in [0.717, 1.165) is 11.0 Å². The van der Waals surface area contributed by atoms with Crippen LogP contribution in [0, 0.1) is 0 Å². The summed E-state index contributed by atoms with van der Waals surface area (Å²) < 4.78 is 11.9. The molecule has 0 fully saturated rings. The molecule has 3 aromatic rings. The smallest absolute Gasteiger partial charge is 0.325 e. The number of amides is 1. The molecule has 7 nitrogen and oxygen atoms in total. The van der Waals surface area contributed by atoms with E-state index < -0.39 is 0 Å². The molecule has 1 heterocycles. The maximum Gasteiger partial charge on any atom is 0.325 e. The Hall–Kier alpha value is -3.35. The summed E-state index contributed by atoms with van der Waals surface area (Å²) in [7, 11) is 1.34. The number of esters is 1. The summed E-state index contributed by atoms with van der Waals surface area (Å²) >= 11 is 0. The third-order valence-corrected chi connectivity index (χ3v) is 3.81. The minimum absolute atomic E-state index is 0.0305. The quantitative estimate of drug-likeness (QED) is 0.656. The Morgan fingerprint density at radius 1 is 1.08 bits per heavy atom. The molecule has 0 atom stereocenters. The Morgan fingerprint density at radius 3 is 2.58 bits per heavy atom. The van der Waals surface area contributed by atoms with Crippen LogP contribution in [0.1, 0.15) is 5.82 Å². The van der Waals surface area contributed by atoms with Gasteiger partial charge >= 0.3 is 5.97 Å². The fourth-order valence-electron chi connectivity index (χ4n) is 2.52. The van der Waals surface area contributed by atoms with E-state index in [1.165, 1.54) is 7.11 Å². The van der Waals surface area contributed by atoms with Crippen LogP contribution in [0.2, 0.25) is 0 Å². The fourth-order valence-corrected chi connectivity index (χ4v) is 2.52. The van der Waals surface area contributed by atoms with Crippen molar-refractivity contribution in [2.24, 2.45) is 0 Å². The lowest BCUT2D eigenvalue weighted by Crippen LogP contribution is -2.30. The van der Waals surface area contributed by atoms with Crippen molar-refractivity contribution < 1.29 is 19.1 Å². The summed E-state index contributed by atoms with van der Waals surface area (Å²) in [4.78, 5) is 28.2. The molecule has 0 aliphatic carbocycles. The molecule has 0 unspecified atom stereocenters. The highest BCUT2D eigenvalue weighted by molar-refractivity contribution is 5.80. The number of imidazole rings is 1. The van der Waals surface area contributed by atoms with Crippen molar-refractivity contribution in [3.8, 4) is 5.75 Å². The highest BCUT2D eigenvalue weighted by Crippen LogP contribution is 2.16. The van der Waals surface area contributed by atoms with Crippen LogP contribution in [-0.4, -0.2) is 35.1 Å². The molecule has 0 bridgehead atoms. The fraction of sp³-hybridized carbons (Fsp3) is 0.211.